The molecule has 1 N–H and O–H groups in total. The van der Waals surface area contributed by atoms with Crippen molar-refractivity contribution in [2.45, 2.75) is 71.7 Å². The number of ether oxygens (including phenoxy) is 1. The fourth-order valence-corrected chi connectivity index (χ4v) is 3.23. The second-order valence-electron chi connectivity index (χ2n) is 9.82. The van der Waals surface area contributed by atoms with E-state index in [9.17, 15) is 9.18 Å². The number of anilines is 1. The van der Waals surface area contributed by atoms with Crippen molar-refractivity contribution in [3.05, 3.63) is 53.4 Å². The van der Waals surface area contributed by atoms with Crippen molar-refractivity contribution < 1.29 is 27.6 Å². The van der Waals surface area contributed by atoms with Crippen LogP contribution in [0.4, 0.5) is 19.3 Å². The molecular formula is C23H29BF2N2O4. The standard InChI is InChI=1S/C23H29BF2N2O4/c1-21(2,3)30-20(29)28-17-11-10-15(24-31-22(4,5)23(6,7)32-24)14(19(17)26)13-18-16(25)9-8-12-27-18/h8-12H,13H2,1-7H3,(H,28,29). The van der Waals surface area contributed by atoms with Gasteiger partial charge >= 0.3 is 13.2 Å². The lowest BCUT2D eigenvalue weighted by molar-refractivity contribution is 0.00578. The SMILES string of the molecule is CC(C)(C)OC(=O)Nc1ccc(B2OC(C)(C)C(C)(C)O2)c(Cc2ncccc2F)c1F. The lowest BCUT2D eigenvalue weighted by Crippen LogP contribution is -2.41. The predicted molar refractivity (Wildman–Crippen MR) is 119 cm³/mol. The van der Waals surface area contributed by atoms with Crippen molar-refractivity contribution >= 4 is 24.4 Å². The van der Waals surface area contributed by atoms with E-state index in [4.69, 9.17) is 14.0 Å². The Balaban J connectivity index is 2.02. The zero-order chi connectivity index (χ0) is 23.9. The molecule has 32 heavy (non-hydrogen) atoms. The summed E-state index contributed by atoms with van der Waals surface area (Å²) in [7, 11) is -0.869. The Bertz CT molecular complexity index is 1010. The normalized spacial score (nSPS) is 17.3. The molecule has 1 aliphatic heterocycles. The quantitative estimate of drug-likeness (QED) is 0.696. The summed E-state index contributed by atoms with van der Waals surface area (Å²) in [5.74, 6) is -1.29. The van der Waals surface area contributed by atoms with Crippen molar-refractivity contribution in [1.82, 2.24) is 4.98 Å². The first-order valence-electron chi connectivity index (χ1n) is 10.5. The van der Waals surface area contributed by atoms with Crippen LogP contribution in [0.5, 0.6) is 0 Å². The smallest absolute Gasteiger partial charge is 0.444 e. The van der Waals surface area contributed by atoms with E-state index in [1.165, 1.54) is 24.4 Å². The first-order valence-corrected chi connectivity index (χ1v) is 10.5. The zero-order valence-corrected chi connectivity index (χ0v) is 19.5. The maximum Gasteiger partial charge on any atom is 0.495 e. The highest BCUT2D eigenvalue weighted by Crippen LogP contribution is 2.37. The topological polar surface area (TPSA) is 69.7 Å². The monoisotopic (exact) mass is 446 g/mol. The van der Waals surface area contributed by atoms with Crippen LogP contribution in [0.3, 0.4) is 0 Å². The van der Waals surface area contributed by atoms with Gasteiger partial charge in [-0.05, 0) is 77.7 Å². The van der Waals surface area contributed by atoms with E-state index >= 15 is 4.39 Å². The number of carbonyl (C=O) groups excluding carboxylic acids is 1. The highest BCUT2D eigenvalue weighted by Gasteiger charge is 2.52. The number of aromatic nitrogens is 1. The summed E-state index contributed by atoms with van der Waals surface area (Å²) in [6, 6.07) is 5.74. The molecule has 0 saturated carbocycles. The van der Waals surface area contributed by atoms with E-state index in [0.29, 0.717) is 5.46 Å². The Morgan fingerprint density at radius 1 is 1.12 bits per heavy atom. The summed E-state index contributed by atoms with van der Waals surface area (Å²) in [4.78, 5) is 16.2. The molecule has 2 heterocycles. The number of pyridine rings is 1. The van der Waals surface area contributed by atoms with Crippen molar-refractivity contribution in [2.75, 3.05) is 5.32 Å². The fraction of sp³-hybridized carbons (Fsp3) is 0.478. The molecule has 1 saturated heterocycles. The molecule has 9 heteroatoms. The van der Waals surface area contributed by atoms with E-state index < -0.39 is 41.6 Å². The van der Waals surface area contributed by atoms with Crippen LogP contribution in [0.15, 0.2) is 30.5 Å². The van der Waals surface area contributed by atoms with Gasteiger partial charge in [0.2, 0.25) is 0 Å². The van der Waals surface area contributed by atoms with Gasteiger partial charge in [-0.3, -0.25) is 10.3 Å². The number of benzene rings is 1. The molecule has 0 spiro atoms. The minimum atomic E-state index is -0.869. The molecule has 0 bridgehead atoms. The second-order valence-corrected chi connectivity index (χ2v) is 9.82. The van der Waals surface area contributed by atoms with Crippen LogP contribution < -0.4 is 10.8 Å². The summed E-state index contributed by atoms with van der Waals surface area (Å²) in [6.45, 7) is 12.7. The van der Waals surface area contributed by atoms with Crippen LogP contribution in [-0.4, -0.2) is 35.0 Å². The molecule has 172 valence electrons. The van der Waals surface area contributed by atoms with E-state index in [0.717, 1.165) is 0 Å². The maximum absolute atomic E-state index is 15.7. The lowest BCUT2D eigenvalue weighted by atomic mass is 9.74. The van der Waals surface area contributed by atoms with Crippen molar-refractivity contribution in [3.63, 3.8) is 0 Å². The average molecular weight is 446 g/mol. The summed E-state index contributed by atoms with van der Waals surface area (Å²) in [5, 5.41) is 2.43. The number of rotatable bonds is 4. The van der Waals surface area contributed by atoms with Crippen molar-refractivity contribution in [2.24, 2.45) is 0 Å². The first-order chi connectivity index (χ1) is 14.7. The van der Waals surface area contributed by atoms with E-state index in [1.807, 2.05) is 27.7 Å². The third-order valence-corrected chi connectivity index (χ3v) is 5.60. The van der Waals surface area contributed by atoms with Gasteiger partial charge in [-0.15, -0.1) is 0 Å². The molecule has 6 nitrogen and oxygen atoms in total. The number of amides is 1. The van der Waals surface area contributed by atoms with Crippen LogP contribution in [0.1, 0.15) is 59.7 Å². The van der Waals surface area contributed by atoms with Gasteiger partial charge in [-0.1, -0.05) is 6.07 Å². The van der Waals surface area contributed by atoms with E-state index in [1.54, 1.807) is 26.8 Å². The number of hydrogen-bond donors (Lipinski definition) is 1. The highest BCUT2D eigenvalue weighted by molar-refractivity contribution is 6.62. The molecule has 3 rings (SSSR count). The summed E-state index contributed by atoms with van der Waals surface area (Å²) in [6.07, 6.45) is 0.491. The number of nitrogens with zero attached hydrogens (tertiary/aromatic N) is 1. The molecular weight excluding hydrogens is 417 g/mol. The molecule has 1 aromatic carbocycles. The van der Waals surface area contributed by atoms with Crippen LogP contribution in [0.25, 0.3) is 0 Å². The third-order valence-electron chi connectivity index (χ3n) is 5.60. The van der Waals surface area contributed by atoms with E-state index in [-0.39, 0.29) is 23.4 Å². The molecule has 0 radical (unpaired) electrons. The molecule has 0 atom stereocenters. The van der Waals surface area contributed by atoms with Crippen LogP contribution >= 0.6 is 0 Å². The molecule has 0 unspecified atom stereocenters. The number of hydrogen-bond acceptors (Lipinski definition) is 5. The van der Waals surface area contributed by atoms with Gasteiger partial charge in [0.15, 0.2) is 0 Å². The predicted octanol–water partition coefficient (Wildman–Crippen LogP) is 4.60. The fourth-order valence-electron chi connectivity index (χ4n) is 3.23. The maximum atomic E-state index is 15.7. The van der Waals surface area contributed by atoms with Crippen molar-refractivity contribution in [1.29, 1.82) is 0 Å². The number of nitrogens with one attached hydrogen (secondary N) is 1. The van der Waals surface area contributed by atoms with Crippen LogP contribution in [-0.2, 0) is 20.5 Å². The van der Waals surface area contributed by atoms with Crippen LogP contribution in [0, 0.1) is 11.6 Å². The van der Waals surface area contributed by atoms with Crippen molar-refractivity contribution in [3.8, 4) is 0 Å². The average Bonchev–Trinajstić information content (AvgIpc) is 2.86. The Morgan fingerprint density at radius 2 is 1.75 bits per heavy atom. The minimum Gasteiger partial charge on any atom is -0.444 e. The largest absolute Gasteiger partial charge is 0.495 e. The molecule has 1 aliphatic rings. The van der Waals surface area contributed by atoms with Crippen LogP contribution in [0.2, 0.25) is 0 Å². The Kier molecular flexibility index (Phi) is 6.37. The molecule has 1 amide bonds. The summed E-state index contributed by atoms with van der Waals surface area (Å²) in [5.41, 5.74) is -1.53. The lowest BCUT2D eigenvalue weighted by Gasteiger charge is -2.32. The second kappa shape index (κ2) is 8.44. The highest BCUT2D eigenvalue weighted by atomic mass is 19.1. The number of carbonyl (C=O) groups is 1. The van der Waals surface area contributed by atoms with Gasteiger partial charge in [0, 0.05) is 12.6 Å². The summed E-state index contributed by atoms with van der Waals surface area (Å²) < 4.78 is 47.4. The number of halogens is 2. The first kappa shape index (κ1) is 24.1. The Hall–Kier alpha value is -2.52. The van der Waals surface area contributed by atoms with Gasteiger partial charge in [0.25, 0.3) is 0 Å². The van der Waals surface area contributed by atoms with Gasteiger partial charge < -0.3 is 14.0 Å². The van der Waals surface area contributed by atoms with Gasteiger partial charge in [0.1, 0.15) is 17.2 Å². The van der Waals surface area contributed by atoms with E-state index in [2.05, 4.69) is 10.3 Å². The zero-order valence-electron chi connectivity index (χ0n) is 19.5. The molecule has 1 aromatic heterocycles. The molecule has 1 fully saturated rings. The van der Waals surface area contributed by atoms with Gasteiger partial charge in [-0.25, -0.2) is 13.6 Å². The molecule has 2 aromatic rings. The minimum absolute atomic E-state index is 0.0681. The summed E-state index contributed by atoms with van der Waals surface area (Å²) >= 11 is 0. The Morgan fingerprint density at radius 3 is 2.31 bits per heavy atom. The third kappa shape index (κ3) is 5.10. The molecule has 0 aliphatic carbocycles. The van der Waals surface area contributed by atoms with Gasteiger partial charge in [0.05, 0.1) is 22.6 Å². The Labute approximate surface area is 187 Å². The van der Waals surface area contributed by atoms with Gasteiger partial charge in [-0.2, -0.15) is 0 Å².